The van der Waals surface area contributed by atoms with Crippen molar-refractivity contribution in [2.75, 3.05) is 47.1 Å². The number of ether oxygens (including phenoxy) is 3. The van der Waals surface area contributed by atoms with E-state index in [4.69, 9.17) is 14.2 Å². The Kier molecular flexibility index (Phi) is 12.3. The van der Waals surface area contributed by atoms with E-state index in [9.17, 15) is 0 Å². The highest BCUT2D eigenvalue weighted by molar-refractivity contribution is 5.78. The van der Waals surface area contributed by atoms with Crippen LogP contribution in [0.1, 0.15) is 52.0 Å². The maximum absolute atomic E-state index is 6.00. The van der Waals surface area contributed by atoms with Crippen LogP contribution < -0.4 is 9.47 Å². The summed E-state index contributed by atoms with van der Waals surface area (Å²) in [6.07, 6.45) is 4.54. The minimum absolute atomic E-state index is 0.280. The molecule has 0 bridgehead atoms. The zero-order valence-corrected chi connectivity index (χ0v) is 19.1. The van der Waals surface area contributed by atoms with Crippen LogP contribution in [0.5, 0.6) is 11.5 Å². The Labute approximate surface area is 177 Å². The van der Waals surface area contributed by atoms with Crippen molar-refractivity contribution in [1.82, 2.24) is 4.90 Å². The summed E-state index contributed by atoms with van der Waals surface area (Å²) in [7, 11) is 3.37. The molecule has 0 spiro atoms. The number of benzene rings is 1. The fourth-order valence-electron chi connectivity index (χ4n) is 3.42. The number of hydrogen-bond acceptors (Lipinski definition) is 5. The molecule has 0 saturated carbocycles. The van der Waals surface area contributed by atoms with Crippen LogP contribution in [0, 0.1) is 5.92 Å². The van der Waals surface area contributed by atoms with E-state index in [0.717, 1.165) is 36.2 Å². The molecule has 1 saturated heterocycles. The smallest absolute Gasteiger partial charge is 0.163 e. The molecule has 0 aromatic heterocycles. The zero-order valence-electron chi connectivity index (χ0n) is 19.1. The average molecular weight is 405 g/mol. The molecule has 2 rings (SSSR count). The van der Waals surface area contributed by atoms with Gasteiger partial charge in [-0.15, -0.1) is 0 Å². The van der Waals surface area contributed by atoms with Gasteiger partial charge in [0.05, 0.1) is 19.4 Å². The summed E-state index contributed by atoms with van der Waals surface area (Å²) in [5.41, 5.74) is 2.74. The van der Waals surface area contributed by atoms with Gasteiger partial charge in [0.25, 0.3) is 0 Å². The van der Waals surface area contributed by atoms with E-state index in [1.165, 1.54) is 25.9 Å². The lowest BCUT2D eigenvalue weighted by molar-refractivity contribution is 0.187. The third-order valence-corrected chi connectivity index (χ3v) is 5.22. The topological polar surface area (TPSA) is 43.3 Å². The molecule has 164 valence electrons. The molecule has 1 aromatic carbocycles. The lowest BCUT2D eigenvalue weighted by Crippen LogP contribution is -2.21. The van der Waals surface area contributed by atoms with Gasteiger partial charge in [-0.1, -0.05) is 27.4 Å². The van der Waals surface area contributed by atoms with Gasteiger partial charge in [-0.25, -0.2) is 0 Å². The zero-order chi connectivity index (χ0) is 21.6. The second-order valence-corrected chi connectivity index (χ2v) is 7.14. The highest BCUT2D eigenvalue weighted by atomic mass is 16.5. The Morgan fingerprint density at radius 3 is 2.41 bits per heavy atom. The third kappa shape index (κ3) is 7.82. The van der Waals surface area contributed by atoms with Crippen LogP contribution in [0.4, 0.5) is 5.69 Å². The van der Waals surface area contributed by atoms with Crippen molar-refractivity contribution >= 4 is 18.0 Å². The lowest BCUT2D eigenvalue weighted by Gasteiger charge is -2.19. The van der Waals surface area contributed by atoms with Crippen molar-refractivity contribution in [3.05, 3.63) is 24.3 Å². The molecule has 1 heterocycles. The van der Waals surface area contributed by atoms with Crippen LogP contribution >= 0.6 is 0 Å². The van der Waals surface area contributed by atoms with Crippen molar-refractivity contribution in [3.63, 3.8) is 0 Å². The van der Waals surface area contributed by atoms with Crippen molar-refractivity contribution in [2.45, 2.75) is 46.5 Å². The van der Waals surface area contributed by atoms with E-state index in [1.54, 1.807) is 14.2 Å². The van der Waals surface area contributed by atoms with Gasteiger partial charge in [0.1, 0.15) is 0 Å². The van der Waals surface area contributed by atoms with Crippen molar-refractivity contribution in [2.24, 2.45) is 10.9 Å². The molecular formula is C24H40N2O3. The van der Waals surface area contributed by atoms with Crippen molar-refractivity contribution < 1.29 is 14.2 Å². The summed E-state index contributed by atoms with van der Waals surface area (Å²) >= 11 is 0. The molecule has 1 aromatic rings. The van der Waals surface area contributed by atoms with E-state index in [1.807, 2.05) is 26.0 Å². The summed E-state index contributed by atoms with van der Waals surface area (Å²) in [6.45, 7) is 19.0. The summed E-state index contributed by atoms with van der Waals surface area (Å²) < 4.78 is 16.8. The summed E-state index contributed by atoms with van der Waals surface area (Å²) in [5.74, 6) is 1.70. The molecule has 5 nitrogen and oxygen atoms in total. The van der Waals surface area contributed by atoms with Crippen LogP contribution in [-0.4, -0.2) is 58.7 Å². The molecule has 0 N–H and O–H groups in total. The highest BCUT2D eigenvalue weighted by Gasteiger charge is 2.17. The van der Waals surface area contributed by atoms with Crippen LogP contribution in [0.3, 0.4) is 0 Å². The summed E-state index contributed by atoms with van der Waals surface area (Å²) in [6, 6.07) is 3.87. The predicted molar refractivity (Wildman–Crippen MR) is 124 cm³/mol. The first-order valence-electron chi connectivity index (χ1n) is 10.8. The van der Waals surface area contributed by atoms with Gasteiger partial charge in [0.15, 0.2) is 11.5 Å². The third-order valence-electron chi connectivity index (χ3n) is 5.22. The second-order valence-electron chi connectivity index (χ2n) is 7.14. The maximum Gasteiger partial charge on any atom is 0.163 e. The molecule has 1 aliphatic heterocycles. The molecular weight excluding hydrogens is 364 g/mol. The Morgan fingerprint density at radius 1 is 1.14 bits per heavy atom. The number of aliphatic imine (C=N–C) groups is 1. The lowest BCUT2D eigenvalue weighted by atomic mass is 9.91. The van der Waals surface area contributed by atoms with E-state index >= 15 is 0 Å². The largest absolute Gasteiger partial charge is 0.493 e. The van der Waals surface area contributed by atoms with Gasteiger partial charge >= 0.3 is 0 Å². The Hall–Kier alpha value is -1.85. The molecule has 0 aliphatic carbocycles. The number of hydrogen-bond donors (Lipinski definition) is 0. The van der Waals surface area contributed by atoms with E-state index < -0.39 is 0 Å². The van der Waals surface area contributed by atoms with Crippen LogP contribution in [0.2, 0.25) is 0 Å². The Balaban J connectivity index is 0.00000204. The predicted octanol–water partition coefficient (Wildman–Crippen LogP) is 5.60. The fraction of sp³-hybridized carbons (Fsp3) is 0.625. The highest BCUT2D eigenvalue weighted by Crippen LogP contribution is 2.40. The minimum Gasteiger partial charge on any atom is -0.493 e. The first kappa shape index (κ1) is 25.2. The number of methoxy groups -OCH3 is 2. The van der Waals surface area contributed by atoms with Gasteiger partial charge in [-0.3, -0.25) is 4.99 Å². The number of rotatable bonds is 12. The standard InChI is InChI=1S/C22H34N2O3.C2H6/c1-17(9-14-25-4)18(2)19-15-21(26-5)22(16-20(19)23-3)27-13-8-12-24-10-6-7-11-24;1-2/h15-17H,2-3,6-14H2,1,4-5H3;1-2H3. The SMILES string of the molecule is C=Nc1cc(OCCCN2CCCC2)c(OC)cc1C(=C)C(C)CCOC.CC. The van der Waals surface area contributed by atoms with E-state index in [-0.39, 0.29) is 5.92 Å². The Morgan fingerprint density at radius 2 is 1.83 bits per heavy atom. The fourth-order valence-corrected chi connectivity index (χ4v) is 3.42. The second kappa shape index (κ2) is 14.2. The maximum atomic E-state index is 6.00. The molecule has 1 fully saturated rings. The van der Waals surface area contributed by atoms with Crippen LogP contribution in [-0.2, 0) is 4.74 Å². The number of allylic oxidation sites excluding steroid dienone is 1. The average Bonchev–Trinajstić information content (AvgIpc) is 3.28. The molecule has 29 heavy (non-hydrogen) atoms. The number of likely N-dealkylation sites (tertiary alicyclic amines) is 1. The monoisotopic (exact) mass is 404 g/mol. The van der Waals surface area contributed by atoms with E-state index in [0.29, 0.717) is 24.7 Å². The summed E-state index contributed by atoms with van der Waals surface area (Å²) in [4.78, 5) is 6.69. The Bertz CT molecular complexity index is 625. The van der Waals surface area contributed by atoms with Crippen molar-refractivity contribution in [3.8, 4) is 11.5 Å². The summed E-state index contributed by atoms with van der Waals surface area (Å²) in [5, 5.41) is 0. The molecule has 1 atom stereocenters. The minimum atomic E-state index is 0.280. The molecule has 5 heteroatoms. The van der Waals surface area contributed by atoms with Gasteiger partial charge in [-0.05, 0) is 63.0 Å². The van der Waals surface area contributed by atoms with Crippen molar-refractivity contribution in [1.29, 1.82) is 0 Å². The quantitative estimate of drug-likeness (QED) is 0.336. The van der Waals surface area contributed by atoms with Crippen LogP contribution in [0.25, 0.3) is 5.57 Å². The van der Waals surface area contributed by atoms with Crippen LogP contribution in [0.15, 0.2) is 23.7 Å². The molecule has 1 aliphatic rings. The normalized spacial score (nSPS) is 14.7. The first-order chi connectivity index (χ1) is 14.1. The van der Waals surface area contributed by atoms with Gasteiger partial charge in [0.2, 0.25) is 0 Å². The molecule has 1 unspecified atom stereocenters. The van der Waals surface area contributed by atoms with Gasteiger partial charge < -0.3 is 19.1 Å². The van der Waals surface area contributed by atoms with Gasteiger partial charge in [-0.2, -0.15) is 0 Å². The van der Waals surface area contributed by atoms with E-state index in [2.05, 4.69) is 30.1 Å². The molecule has 0 radical (unpaired) electrons. The molecule has 0 amide bonds. The first-order valence-corrected chi connectivity index (χ1v) is 10.8. The van der Waals surface area contributed by atoms with Gasteiger partial charge in [0, 0.05) is 31.9 Å². The number of nitrogens with zero attached hydrogens (tertiary/aromatic N) is 2.